The van der Waals surface area contributed by atoms with E-state index >= 15 is 0 Å². The average molecular weight is 653 g/mol. The summed E-state index contributed by atoms with van der Waals surface area (Å²) in [4.78, 5) is 40.6. The predicted molar refractivity (Wildman–Crippen MR) is 145 cm³/mol. The van der Waals surface area contributed by atoms with Gasteiger partial charge in [0.2, 0.25) is 17.3 Å². The molecule has 2 heterocycles. The molecule has 12 nitrogen and oxygen atoms in total. The van der Waals surface area contributed by atoms with Crippen molar-refractivity contribution in [2.45, 2.75) is 12.7 Å². The third kappa shape index (κ3) is 5.90. The zero-order valence-electron chi connectivity index (χ0n) is 21.4. The molecular formula is C25H19BrF4N7O5+. The van der Waals surface area contributed by atoms with Crippen molar-refractivity contribution in [1.82, 2.24) is 19.3 Å². The number of nitro benzene ring substituents is 1. The Bertz CT molecular complexity index is 1810. The molecule has 4 aromatic rings. The topological polar surface area (TPSA) is 162 Å². The van der Waals surface area contributed by atoms with E-state index in [1.165, 1.54) is 43.5 Å². The molecule has 3 N–H and O–H groups in total. The Morgan fingerprint density at radius 1 is 1.12 bits per heavy atom. The maximum absolute atomic E-state index is 14.8. The van der Waals surface area contributed by atoms with Crippen LogP contribution in [0.3, 0.4) is 0 Å². The SMILES string of the molecule is COc1ccc(-n2c(=O)c(C(CBr)=[NH+]c3ccc([N+](=O)[O-])cc3)c(N)n(Cc3c(F)cccc3C(F)(F)F)c2=O)nn1. The summed E-state index contributed by atoms with van der Waals surface area (Å²) in [7, 11) is 1.30. The van der Waals surface area contributed by atoms with Crippen LogP contribution in [-0.2, 0) is 12.7 Å². The molecule has 0 radical (unpaired) electrons. The molecule has 0 spiro atoms. The summed E-state index contributed by atoms with van der Waals surface area (Å²) in [5.41, 5.74) is 1.49. The molecule has 218 valence electrons. The summed E-state index contributed by atoms with van der Waals surface area (Å²) in [6.45, 7) is -1.00. The zero-order valence-corrected chi connectivity index (χ0v) is 22.9. The van der Waals surface area contributed by atoms with Gasteiger partial charge in [0.15, 0.2) is 5.82 Å². The Balaban J connectivity index is 2.02. The summed E-state index contributed by atoms with van der Waals surface area (Å²) in [6.07, 6.45) is -4.97. The number of aromatic nitrogens is 4. The molecule has 0 aliphatic carbocycles. The number of ether oxygens (including phenoxy) is 1. The van der Waals surface area contributed by atoms with Crippen molar-refractivity contribution in [3.05, 3.63) is 108 Å². The molecule has 0 saturated carbocycles. The van der Waals surface area contributed by atoms with Gasteiger partial charge < -0.3 is 10.5 Å². The van der Waals surface area contributed by atoms with E-state index in [0.717, 1.165) is 12.1 Å². The number of nitrogens with zero attached hydrogens (tertiary/aromatic N) is 5. The Morgan fingerprint density at radius 2 is 1.81 bits per heavy atom. The highest BCUT2D eigenvalue weighted by Gasteiger charge is 2.35. The van der Waals surface area contributed by atoms with Crippen LogP contribution in [0.15, 0.2) is 64.2 Å². The van der Waals surface area contributed by atoms with Crippen molar-refractivity contribution in [1.29, 1.82) is 0 Å². The largest absolute Gasteiger partial charge is 0.480 e. The molecule has 0 aliphatic heterocycles. The van der Waals surface area contributed by atoms with Crippen LogP contribution >= 0.6 is 15.9 Å². The average Bonchev–Trinajstić information content (AvgIpc) is 2.95. The van der Waals surface area contributed by atoms with Gasteiger partial charge in [-0.05, 0) is 18.2 Å². The first-order valence-corrected chi connectivity index (χ1v) is 12.8. The number of non-ortho nitro benzene ring substituents is 1. The number of hydrogen-bond acceptors (Lipinski definition) is 8. The van der Waals surface area contributed by atoms with E-state index in [9.17, 15) is 37.3 Å². The molecule has 2 aromatic heterocycles. The summed E-state index contributed by atoms with van der Waals surface area (Å²) in [6, 6.07) is 9.89. The van der Waals surface area contributed by atoms with Crippen LogP contribution in [0.2, 0.25) is 0 Å². The van der Waals surface area contributed by atoms with E-state index in [-0.39, 0.29) is 39.7 Å². The van der Waals surface area contributed by atoms with Crippen molar-refractivity contribution in [3.63, 3.8) is 0 Å². The molecule has 0 aliphatic rings. The Hall–Kier alpha value is -4.93. The number of halogens is 5. The first kappa shape index (κ1) is 30.0. The molecule has 4 rings (SSSR count). The lowest BCUT2D eigenvalue weighted by atomic mass is 10.1. The fourth-order valence-electron chi connectivity index (χ4n) is 3.99. The van der Waals surface area contributed by atoms with Crippen LogP contribution in [0.25, 0.3) is 5.82 Å². The minimum Gasteiger partial charge on any atom is -0.480 e. The number of nitrogens with one attached hydrogen (secondary N) is 1. The second-order valence-corrected chi connectivity index (χ2v) is 9.07. The third-order valence-electron chi connectivity index (χ3n) is 6.00. The molecule has 17 heteroatoms. The van der Waals surface area contributed by atoms with Crippen molar-refractivity contribution in [2.24, 2.45) is 0 Å². The number of hydrogen-bond donors (Lipinski definition) is 2. The standard InChI is InChI=1S/C25H18BrF4N7O5/c1-42-20-10-9-19(33-34-20)36-23(38)21(18(11-26)32-13-5-7-14(8-6-13)37(40)41)22(31)35(24(36)39)12-15-16(25(28,29)30)3-2-4-17(15)27/h2-10H,11-12,31H2,1H3/p+1. The van der Waals surface area contributed by atoms with E-state index in [0.29, 0.717) is 15.2 Å². The Kier molecular flexibility index (Phi) is 8.51. The number of nitrogens with two attached hydrogens (primary N) is 1. The second kappa shape index (κ2) is 11.9. The van der Waals surface area contributed by atoms with E-state index in [4.69, 9.17) is 10.5 Å². The second-order valence-electron chi connectivity index (χ2n) is 8.51. The number of alkyl halides is 4. The molecule has 0 unspecified atom stereocenters. The van der Waals surface area contributed by atoms with Gasteiger partial charge in [0.05, 0.1) is 29.5 Å². The molecule has 2 aromatic carbocycles. The minimum absolute atomic E-state index is 0.0277. The van der Waals surface area contributed by atoms with E-state index in [2.05, 4.69) is 31.1 Å². The minimum atomic E-state index is -4.97. The number of benzene rings is 2. The highest BCUT2D eigenvalue weighted by Crippen LogP contribution is 2.33. The normalized spacial score (nSPS) is 11.9. The van der Waals surface area contributed by atoms with Crippen molar-refractivity contribution in [3.8, 4) is 11.7 Å². The van der Waals surface area contributed by atoms with Gasteiger partial charge in [-0.15, -0.1) is 10.2 Å². The van der Waals surface area contributed by atoms with Crippen LogP contribution in [0, 0.1) is 15.9 Å². The molecule has 0 fully saturated rings. The Morgan fingerprint density at radius 3 is 2.36 bits per heavy atom. The fourth-order valence-corrected chi connectivity index (χ4v) is 4.41. The Labute approximate surface area is 241 Å². The number of rotatable bonds is 8. The number of anilines is 1. The summed E-state index contributed by atoms with van der Waals surface area (Å²) < 4.78 is 62.1. The van der Waals surface area contributed by atoms with Gasteiger partial charge in [-0.25, -0.2) is 18.7 Å². The lowest BCUT2D eigenvalue weighted by Crippen LogP contribution is -2.68. The number of nitrogen functional groups attached to an aromatic ring is 1. The van der Waals surface area contributed by atoms with Gasteiger partial charge in [-0.3, -0.25) is 19.5 Å². The monoisotopic (exact) mass is 652 g/mol. The summed E-state index contributed by atoms with van der Waals surface area (Å²) in [5.74, 6) is -2.12. The molecule has 0 amide bonds. The lowest BCUT2D eigenvalue weighted by molar-refractivity contribution is -0.385. The van der Waals surface area contributed by atoms with Gasteiger partial charge in [-0.2, -0.15) is 13.2 Å². The van der Waals surface area contributed by atoms with Crippen molar-refractivity contribution in [2.75, 3.05) is 18.2 Å². The van der Waals surface area contributed by atoms with E-state index in [1.807, 2.05) is 0 Å². The zero-order chi connectivity index (χ0) is 30.8. The van der Waals surface area contributed by atoms with E-state index < -0.39 is 51.7 Å². The molecule has 0 bridgehead atoms. The third-order valence-corrected chi connectivity index (χ3v) is 6.56. The molecule has 42 heavy (non-hydrogen) atoms. The molecule has 0 saturated heterocycles. The van der Waals surface area contributed by atoms with Gasteiger partial charge >= 0.3 is 11.9 Å². The van der Waals surface area contributed by atoms with Crippen LogP contribution in [0.5, 0.6) is 5.88 Å². The first-order chi connectivity index (χ1) is 19.9. The number of nitro groups is 1. The van der Waals surface area contributed by atoms with Gasteiger partial charge in [0.1, 0.15) is 17.2 Å². The van der Waals surface area contributed by atoms with Gasteiger partial charge in [0, 0.05) is 35.9 Å². The van der Waals surface area contributed by atoms with E-state index in [1.54, 1.807) is 0 Å². The highest BCUT2D eigenvalue weighted by molar-refractivity contribution is 9.09. The van der Waals surface area contributed by atoms with Crippen LogP contribution in [0.1, 0.15) is 16.7 Å². The molecule has 0 atom stereocenters. The maximum Gasteiger partial charge on any atom is 0.416 e. The van der Waals surface area contributed by atoms with Gasteiger partial charge in [0.25, 0.3) is 11.2 Å². The predicted octanol–water partition coefficient (Wildman–Crippen LogP) is 2.09. The fraction of sp³-hybridized carbons (Fsp3) is 0.160. The smallest absolute Gasteiger partial charge is 0.416 e. The quantitative estimate of drug-likeness (QED) is 0.0961. The number of methoxy groups -OCH3 is 1. The highest BCUT2D eigenvalue weighted by atomic mass is 79.9. The van der Waals surface area contributed by atoms with Crippen LogP contribution in [-0.4, -0.2) is 42.4 Å². The van der Waals surface area contributed by atoms with Crippen molar-refractivity contribution < 1.29 is 32.2 Å². The van der Waals surface area contributed by atoms with Crippen molar-refractivity contribution >= 4 is 38.8 Å². The van der Waals surface area contributed by atoms with Gasteiger partial charge in [-0.1, -0.05) is 22.0 Å². The molecular weight excluding hydrogens is 634 g/mol. The van der Waals surface area contributed by atoms with Crippen LogP contribution < -0.4 is 26.7 Å². The summed E-state index contributed by atoms with van der Waals surface area (Å²) in [5, 5.41) is 18.4. The first-order valence-electron chi connectivity index (χ1n) is 11.7. The van der Waals surface area contributed by atoms with Crippen LogP contribution in [0.4, 0.5) is 34.8 Å². The lowest BCUT2D eigenvalue weighted by Gasteiger charge is -2.18. The summed E-state index contributed by atoms with van der Waals surface area (Å²) >= 11 is 3.22. The maximum atomic E-state index is 14.8.